The van der Waals surface area contributed by atoms with E-state index in [-0.39, 0.29) is 5.91 Å². The van der Waals surface area contributed by atoms with Crippen molar-refractivity contribution in [3.8, 4) is 11.5 Å². The molecule has 0 spiro atoms. The van der Waals surface area contributed by atoms with Gasteiger partial charge in [0, 0.05) is 17.6 Å². The van der Waals surface area contributed by atoms with Crippen molar-refractivity contribution in [3.63, 3.8) is 0 Å². The molecule has 29 heavy (non-hydrogen) atoms. The number of pyridine rings is 1. The van der Waals surface area contributed by atoms with Crippen LogP contribution in [0.2, 0.25) is 5.02 Å². The van der Waals surface area contributed by atoms with Gasteiger partial charge in [-0.05, 0) is 61.5 Å². The number of nitrogens with one attached hydrogen (secondary N) is 1. The maximum atomic E-state index is 13.1. The zero-order valence-electron chi connectivity index (χ0n) is 16.1. The zero-order chi connectivity index (χ0) is 20.4. The Morgan fingerprint density at radius 2 is 1.97 bits per heavy atom. The lowest BCUT2D eigenvalue weighted by Crippen LogP contribution is -2.32. The van der Waals surface area contributed by atoms with Crippen LogP contribution in [-0.4, -0.2) is 24.6 Å². The molecule has 0 saturated heterocycles. The maximum absolute atomic E-state index is 13.1. The SMILES string of the molecule is CCOc1ccc(N2C(=O)c3cccnc3C2Nc2ccc(OC)c(Cl)c2)cc1. The highest BCUT2D eigenvalue weighted by atomic mass is 35.5. The molecule has 3 aromatic rings. The number of amides is 1. The van der Waals surface area contributed by atoms with Crippen LogP contribution in [0.4, 0.5) is 11.4 Å². The van der Waals surface area contributed by atoms with Gasteiger partial charge in [-0.2, -0.15) is 0 Å². The Balaban J connectivity index is 1.71. The number of halogens is 1. The molecule has 1 aliphatic rings. The number of anilines is 2. The molecule has 0 fully saturated rings. The van der Waals surface area contributed by atoms with E-state index >= 15 is 0 Å². The van der Waals surface area contributed by atoms with E-state index in [1.54, 1.807) is 42.5 Å². The standard InChI is InChI=1S/C22H20ClN3O3/c1-3-29-16-9-7-15(8-10-16)26-21(20-17(22(26)27)5-4-12-24-20)25-14-6-11-19(28-2)18(23)13-14/h4-13,21,25H,3H2,1-2H3. The van der Waals surface area contributed by atoms with Gasteiger partial charge in [0.05, 0.1) is 30.0 Å². The summed E-state index contributed by atoms with van der Waals surface area (Å²) in [6, 6.07) is 16.4. The number of rotatable bonds is 6. The monoisotopic (exact) mass is 409 g/mol. The quantitative estimate of drug-likeness (QED) is 0.626. The minimum absolute atomic E-state index is 0.116. The second-order valence-electron chi connectivity index (χ2n) is 6.43. The van der Waals surface area contributed by atoms with E-state index in [0.717, 1.165) is 17.1 Å². The van der Waals surface area contributed by atoms with Crippen LogP contribution in [0, 0.1) is 0 Å². The van der Waals surface area contributed by atoms with Crippen molar-refractivity contribution >= 4 is 28.9 Å². The second-order valence-corrected chi connectivity index (χ2v) is 6.84. The van der Waals surface area contributed by atoms with Gasteiger partial charge in [0.15, 0.2) is 6.17 Å². The van der Waals surface area contributed by atoms with E-state index in [4.69, 9.17) is 21.1 Å². The van der Waals surface area contributed by atoms with Crippen molar-refractivity contribution in [1.82, 2.24) is 4.98 Å². The normalized spacial score (nSPS) is 15.2. The Kier molecular flexibility index (Phi) is 5.27. The molecular weight excluding hydrogens is 390 g/mol. The molecule has 6 nitrogen and oxygen atoms in total. The van der Waals surface area contributed by atoms with Crippen molar-refractivity contribution in [1.29, 1.82) is 0 Å². The molecule has 1 atom stereocenters. The molecule has 2 aromatic carbocycles. The summed E-state index contributed by atoms with van der Waals surface area (Å²) in [5.41, 5.74) is 2.73. The molecule has 1 amide bonds. The summed E-state index contributed by atoms with van der Waals surface area (Å²) in [5.74, 6) is 1.22. The Morgan fingerprint density at radius 1 is 1.17 bits per heavy atom. The lowest BCUT2D eigenvalue weighted by molar-refractivity contribution is 0.0993. The van der Waals surface area contributed by atoms with Gasteiger partial charge in [0.25, 0.3) is 5.91 Å². The average Bonchev–Trinajstić information content (AvgIpc) is 3.01. The third kappa shape index (κ3) is 3.59. The van der Waals surface area contributed by atoms with E-state index in [1.807, 2.05) is 37.3 Å². The molecule has 2 heterocycles. The third-order valence-corrected chi connectivity index (χ3v) is 4.98. The first-order valence-electron chi connectivity index (χ1n) is 9.23. The predicted octanol–water partition coefficient (Wildman–Crippen LogP) is 4.91. The molecule has 1 unspecified atom stereocenters. The van der Waals surface area contributed by atoms with Gasteiger partial charge in [-0.15, -0.1) is 0 Å². The topological polar surface area (TPSA) is 63.7 Å². The van der Waals surface area contributed by atoms with Crippen molar-refractivity contribution in [2.45, 2.75) is 13.1 Å². The molecule has 1 aliphatic heterocycles. The van der Waals surface area contributed by atoms with Gasteiger partial charge < -0.3 is 14.8 Å². The summed E-state index contributed by atoms with van der Waals surface area (Å²) in [7, 11) is 1.57. The lowest BCUT2D eigenvalue weighted by Gasteiger charge is -2.27. The van der Waals surface area contributed by atoms with Crippen LogP contribution in [0.1, 0.15) is 29.1 Å². The summed E-state index contributed by atoms with van der Waals surface area (Å²) < 4.78 is 10.7. The van der Waals surface area contributed by atoms with E-state index in [0.29, 0.717) is 28.6 Å². The van der Waals surface area contributed by atoms with Gasteiger partial charge >= 0.3 is 0 Å². The highest BCUT2D eigenvalue weighted by molar-refractivity contribution is 6.32. The fourth-order valence-electron chi connectivity index (χ4n) is 3.37. The highest BCUT2D eigenvalue weighted by Gasteiger charge is 2.39. The molecule has 1 N–H and O–H groups in total. The van der Waals surface area contributed by atoms with Crippen LogP contribution in [0.25, 0.3) is 0 Å². The fraction of sp³-hybridized carbons (Fsp3) is 0.182. The number of hydrogen-bond donors (Lipinski definition) is 1. The van der Waals surface area contributed by atoms with Gasteiger partial charge in [-0.3, -0.25) is 14.7 Å². The number of benzene rings is 2. The van der Waals surface area contributed by atoms with Crippen LogP contribution in [-0.2, 0) is 0 Å². The minimum atomic E-state index is -0.471. The van der Waals surface area contributed by atoms with Crippen LogP contribution in [0.5, 0.6) is 11.5 Å². The van der Waals surface area contributed by atoms with Crippen molar-refractivity contribution in [2.75, 3.05) is 23.9 Å². The zero-order valence-corrected chi connectivity index (χ0v) is 16.8. The number of fused-ring (bicyclic) bond motifs is 1. The summed E-state index contributed by atoms with van der Waals surface area (Å²) in [6.45, 7) is 2.51. The lowest BCUT2D eigenvalue weighted by atomic mass is 10.2. The van der Waals surface area contributed by atoms with Gasteiger partial charge in [0.1, 0.15) is 11.5 Å². The molecule has 0 saturated carbocycles. The first kappa shape index (κ1) is 19.1. The summed E-state index contributed by atoms with van der Waals surface area (Å²) in [4.78, 5) is 19.3. The Bertz CT molecular complexity index is 1040. The van der Waals surface area contributed by atoms with Crippen molar-refractivity contribution in [3.05, 3.63) is 77.1 Å². The number of ether oxygens (including phenoxy) is 2. The van der Waals surface area contributed by atoms with Gasteiger partial charge in [-0.1, -0.05) is 11.6 Å². The third-order valence-electron chi connectivity index (χ3n) is 4.69. The van der Waals surface area contributed by atoms with Crippen LogP contribution in [0.15, 0.2) is 60.8 Å². The van der Waals surface area contributed by atoms with Crippen molar-refractivity contribution < 1.29 is 14.3 Å². The van der Waals surface area contributed by atoms with Gasteiger partial charge in [-0.25, -0.2) is 0 Å². The summed E-state index contributed by atoms with van der Waals surface area (Å²) >= 11 is 6.27. The first-order chi connectivity index (χ1) is 14.1. The minimum Gasteiger partial charge on any atom is -0.495 e. The second kappa shape index (κ2) is 8.01. The molecule has 0 bridgehead atoms. The number of nitrogens with zero attached hydrogens (tertiary/aromatic N) is 2. The molecule has 148 valence electrons. The summed E-state index contributed by atoms with van der Waals surface area (Å²) in [6.07, 6.45) is 1.21. The maximum Gasteiger partial charge on any atom is 0.262 e. The van der Waals surface area contributed by atoms with E-state index in [1.165, 1.54) is 0 Å². The molecule has 0 aliphatic carbocycles. The number of hydrogen-bond acceptors (Lipinski definition) is 5. The molecule has 1 aromatic heterocycles. The summed E-state index contributed by atoms with van der Waals surface area (Å²) in [5, 5.41) is 3.86. The number of methoxy groups -OCH3 is 1. The fourth-order valence-corrected chi connectivity index (χ4v) is 3.63. The Labute approximate surface area is 174 Å². The molecular formula is C22H20ClN3O3. The first-order valence-corrected chi connectivity index (χ1v) is 9.61. The van der Waals surface area contributed by atoms with Gasteiger partial charge in [0.2, 0.25) is 0 Å². The Hall–Kier alpha value is -3.25. The largest absolute Gasteiger partial charge is 0.495 e. The smallest absolute Gasteiger partial charge is 0.262 e. The van der Waals surface area contributed by atoms with Crippen molar-refractivity contribution in [2.24, 2.45) is 0 Å². The van der Waals surface area contributed by atoms with E-state index < -0.39 is 6.17 Å². The Morgan fingerprint density at radius 3 is 2.66 bits per heavy atom. The number of aromatic nitrogens is 1. The van der Waals surface area contributed by atoms with E-state index in [2.05, 4.69) is 10.3 Å². The molecule has 0 radical (unpaired) electrons. The van der Waals surface area contributed by atoms with Crippen LogP contribution in [0.3, 0.4) is 0 Å². The molecule has 4 rings (SSSR count). The van der Waals surface area contributed by atoms with Crippen LogP contribution < -0.4 is 19.7 Å². The average molecular weight is 410 g/mol. The number of carbonyl (C=O) groups is 1. The highest BCUT2D eigenvalue weighted by Crippen LogP contribution is 2.38. The predicted molar refractivity (Wildman–Crippen MR) is 113 cm³/mol. The number of carbonyl (C=O) groups excluding carboxylic acids is 1. The van der Waals surface area contributed by atoms with Crippen LogP contribution >= 0.6 is 11.6 Å². The molecule has 7 heteroatoms. The van der Waals surface area contributed by atoms with E-state index in [9.17, 15) is 4.79 Å².